The van der Waals surface area contributed by atoms with Crippen LogP contribution in [0, 0.1) is 0 Å². The van der Waals surface area contributed by atoms with E-state index in [2.05, 4.69) is 10.6 Å². The van der Waals surface area contributed by atoms with Crippen molar-refractivity contribution in [1.82, 2.24) is 5.32 Å². The number of carbonyl (C=O) groups excluding carboxylic acids is 2. The van der Waals surface area contributed by atoms with Crippen LogP contribution in [0.1, 0.15) is 59.2 Å². The molecule has 1 saturated carbocycles. The molecule has 0 saturated heterocycles. The summed E-state index contributed by atoms with van der Waals surface area (Å²) in [6, 6.07) is 12.2. The van der Waals surface area contributed by atoms with Crippen LogP contribution in [0.3, 0.4) is 0 Å². The summed E-state index contributed by atoms with van der Waals surface area (Å²) in [5.41, 5.74) is 1.50. The number of rotatable bonds is 6. The van der Waals surface area contributed by atoms with Gasteiger partial charge in [-0.3, -0.25) is 9.59 Å². The van der Waals surface area contributed by atoms with Gasteiger partial charge in [-0.25, -0.2) is 0 Å². The Balaban J connectivity index is 1.68. The van der Waals surface area contributed by atoms with E-state index in [0.717, 1.165) is 25.7 Å². The third-order valence-electron chi connectivity index (χ3n) is 5.22. The average Bonchev–Trinajstić information content (AvgIpc) is 3.02. The summed E-state index contributed by atoms with van der Waals surface area (Å²) in [4.78, 5) is 25.3. The maximum absolute atomic E-state index is 12.7. The van der Waals surface area contributed by atoms with E-state index >= 15 is 0 Å². The van der Waals surface area contributed by atoms with Gasteiger partial charge in [0.05, 0.1) is 14.2 Å². The van der Waals surface area contributed by atoms with Gasteiger partial charge in [0.25, 0.3) is 11.8 Å². The summed E-state index contributed by atoms with van der Waals surface area (Å²) in [6.45, 7) is 0. The van der Waals surface area contributed by atoms with E-state index in [4.69, 9.17) is 9.47 Å². The van der Waals surface area contributed by atoms with Crippen LogP contribution in [-0.4, -0.2) is 32.1 Å². The predicted molar refractivity (Wildman–Crippen MR) is 113 cm³/mol. The van der Waals surface area contributed by atoms with Gasteiger partial charge in [0, 0.05) is 28.9 Å². The third kappa shape index (κ3) is 5.50. The first-order chi connectivity index (χ1) is 14.1. The SMILES string of the molecule is COc1ccc(NC(=O)c2cccc(C(=O)NC3CCCCCC3)c2)cc1OC. The second-order valence-electron chi connectivity index (χ2n) is 7.27. The third-order valence-corrected chi connectivity index (χ3v) is 5.22. The maximum atomic E-state index is 12.7. The van der Waals surface area contributed by atoms with Crippen LogP contribution < -0.4 is 20.1 Å². The summed E-state index contributed by atoms with van der Waals surface area (Å²) in [5.74, 6) is 0.698. The number of carbonyl (C=O) groups is 2. The van der Waals surface area contributed by atoms with Crippen LogP contribution in [0.4, 0.5) is 5.69 Å². The molecule has 0 radical (unpaired) electrons. The molecule has 1 aliphatic carbocycles. The van der Waals surface area contributed by atoms with Crippen molar-refractivity contribution in [2.24, 2.45) is 0 Å². The molecule has 2 aromatic carbocycles. The Bertz CT molecular complexity index is 858. The Hall–Kier alpha value is -3.02. The van der Waals surface area contributed by atoms with Crippen LogP contribution in [0.15, 0.2) is 42.5 Å². The van der Waals surface area contributed by atoms with Crippen LogP contribution in [0.5, 0.6) is 11.5 Å². The molecule has 0 spiro atoms. The lowest BCUT2D eigenvalue weighted by atomic mass is 10.1. The molecular formula is C23H28N2O4. The molecule has 2 N–H and O–H groups in total. The standard InChI is InChI=1S/C23H28N2O4/c1-28-20-13-12-19(15-21(20)29-2)25-23(27)17-9-7-8-16(14-17)22(26)24-18-10-5-3-4-6-11-18/h7-9,12-15,18H,3-6,10-11H2,1-2H3,(H,24,26)(H,25,27). The smallest absolute Gasteiger partial charge is 0.255 e. The maximum Gasteiger partial charge on any atom is 0.255 e. The second kappa shape index (κ2) is 9.96. The van der Waals surface area contributed by atoms with E-state index in [-0.39, 0.29) is 17.9 Å². The fourth-order valence-electron chi connectivity index (χ4n) is 3.61. The zero-order valence-electron chi connectivity index (χ0n) is 17.0. The van der Waals surface area contributed by atoms with E-state index in [9.17, 15) is 9.59 Å². The zero-order chi connectivity index (χ0) is 20.6. The molecule has 1 aliphatic rings. The molecule has 0 aliphatic heterocycles. The first-order valence-corrected chi connectivity index (χ1v) is 10.0. The Morgan fingerprint density at radius 2 is 1.48 bits per heavy atom. The molecule has 2 aromatic rings. The summed E-state index contributed by atoms with van der Waals surface area (Å²) >= 11 is 0. The molecule has 3 rings (SSSR count). The molecule has 29 heavy (non-hydrogen) atoms. The van der Waals surface area contributed by atoms with Crippen LogP contribution in [0.2, 0.25) is 0 Å². The number of anilines is 1. The summed E-state index contributed by atoms with van der Waals surface area (Å²) in [5, 5.41) is 5.95. The highest BCUT2D eigenvalue weighted by Gasteiger charge is 2.17. The fourth-order valence-corrected chi connectivity index (χ4v) is 3.61. The van der Waals surface area contributed by atoms with Crippen molar-refractivity contribution in [1.29, 1.82) is 0 Å². The summed E-state index contributed by atoms with van der Waals surface area (Å²) < 4.78 is 10.5. The minimum atomic E-state index is -0.290. The first kappa shape index (κ1) is 20.7. The van der Waals surface area contributed by atoms with Crippen LogP contribution in [-0.2, 0) is 0 Å². The average molecular weight is 396 g/mol. The minimum absolute atomic E-state index is 0.127. The van der Waals surface area contributed by atoms with Gasteiger partial charge < -0.3 is 20.1 Å². The molecule has 2 amide bonds. The Labute approximate surface area is 171 Å². The highest BCUT2D eigenvalue weighted by molar-refractivity contribution is 6.06. The summed E-state index contributed by atoms with van der Waals surface area (Å²) in [7, 11) is 3.10. The lowest BCUT2D eigenvalue weighted by Crippen LogP contribution is -2.34. The number of ether oxygens (including phenoxy) is 2. The highest BCUT2D eigenvalue weighted by Crippen LogP contribution is 2.30. The Kier molecular flexibility index (Phi) is 7.11. The quantitative estimate of drug-likeness (QED) is 0.709. The van der Waals surface area contributed by atoms with Crippen LogP contribution in [0.25, 0.3) is 0 Å². The molecular weight excluding hydrogens is 368 g/mol. The van der Waals surface area contributed by atoms with Gasteiger partial charge in [-0.2, -0.15) is 0 Å². The second-order valence-corrected chi connectivity index (χ2v) is 7.27. The summed E-state index contributed by atoms with van der Waals surface area (Å²) in [6.07, 6.45) is 6.81. The number of hydrogen-bond acceptors (Lipinski definition) is 4. The van der Waals surface area contributed by atoms with Gasteiger partial charge in [0.2, 0.25) is 0 Å². The number of methoxy groups -OCH3 is 2. The van der Waals surface area contributed by atoms with E-state index in [1.165, 1.54) is 12.8 Å². The monoisotopic (exact) mass is 396 g/mol. The van der Waals surface area contributed by atoms with E-state index in [0.29, 0.717) is 28.3 Å². The van der Waals surface area contributed by atoms with E-state index in [1.807, 2.05) is 0 Å². The van der Waals surface area contributed by atoms with E-state index < -0.39 is 0 Å². The Morgan fingerprint density at radius 1 is 0.828 bits per heavy atom. The zero-order valence-corrected chi connectivity index (χ0v) is 17.0. The first-order valence-electron chi connectivity index (χ1n) is 10.0. The van der Waals surface area contributed by atoms with Crippen molar-refractivity contribution in [2.75, 3.05) is 19.5 Å². The van der Waals surface area contributed by atoms with Crippen molar-refractivity contribution in [3.8, 4) is 11.5 Å². The minimum Gasteiger partial charge on any atom is -0.493 e. The molecule has 0 atom stereocenters. The van der Waals surface area contributed by atoms with E-state index in [1.54, 1.807) is 56.7 Å². The lowest BCUT2D eigenvalue weighted by Gasteiger charge is -2.16. The van der Waals surface area contributed by atoms with Crippen LogP contribution >= 0.6 is 0 Å². The molecule has 6 nitrogen and oxygen atoms in total. The van der Waals surface area contributed by atoms with Crippen molar-refractivity contribution in [2.45, 2.75) is 44.6 Å². The number of nitrogens with one attached hydrogen (secondary N) is 2. The van der Waals surface area contributed by atoms with Crippen molar-refractivity contribution in [3.05, 3.63) is 53.6 Å². The topological polar surface area (TPSA) is 76.7 Å². The highest BCUT2D eigenvalue weighted by atomic mass is 16.5. The molecule has 6 heteroatoms. The van der Waals surface area contributed by atoms with Gasteiger partial charge in [0.1, 0.15) is 0 Å². The van der Waals surface area contributed by atoms with Crippen molar-refractivity contribution < 1.29 is 19.1 Å². The number of amides is 2. The Morgan fingerprint density at radius 3 is 2.14 bits per heavy atom. The van der Waals surface area contributed by atoms with Crippen molar-refractivity contribution in [3.63, 3.8) is 0 Å². The van der Waals surface area contributed by atoms with Gasteiger partial charge in [-0.1, -0.05) is 31.7 Å². The molecule has 0 bridgehead atoms. The van der Waals surface area contributed by atoms with Gasteiger partial charge in [0.15, 0.2) is 11.5 Å². The normalized spacial score (nSPS) is 14.6. The van der Waals surface area contributed by atoms with Gasteiger partial charge >= 0.3 is 0 Å². The van der Waals surface area contributed by atoms with Crippen molar-refractivity contribution >= 4 is 17.5 Å². The molecule has 0 heterocycles. The number of benzene rings is 2. The number of hydrogen-bond donors (Lipinski definition) is 2. The molecule has 1 fully saturated rings. The van der Waals surface area contributed by atoms with Gasteiger partial charge in [-0.15, -0.1) is 0 Å². The fraction of sp³-hybridized carbons (Fsp3) is 0.391. The lowest BCUT2D eigenvalue weighted by molar-refractivity contribution is 0.0933. The molecule has 0 unspecified atom stereocenters. The molecule has 154 valence electrons. The van der Waals surface area contributed by atoms with Gasteiger partial charge in [-0.05, 0) is 43.2 Å². The largest absolute Gasteiger partial charge is 0.493 e. The molecule has 0 aromatic heterocycles. The predicted octanol–water partition coefficient (Wildman–Crippen LogP) is 4.41.